The molecule has 0 aliphatic heterocycles. The Kier molecular flexibility index (Phi) is 5.50. The number of phenols is 1. The number of carboxylic acid groups (broad SMARTS) is 1. The molecular formula is C11H15N3O6S. The van der Waals surface area contributed by atoms with E-state index in [4.69, 9.17) is 5.11 Å². The molecule has 0 fully saturated rings. The van der Waals surface area contributed by atoms with Gasteiger partial charge in [-0.05, 0) is 18.2 Å². The summed E-state index contributed by atoms with van der Waals surface area (Å²) < 4.78 is 23.8. The highest BCUT2D eigenvalue weighted by molar-refractivity contribution is 7.88. The molecule has 0 heterocycles. The number of aromatic hydroxyl groups is 1. The molecule has 5 N–H and O–H groups in total. The summed E-state index contributed by atoms with van der Waals surface area (Å²) in [5.41, 5.74) is -0.162. The SMILES string of the molecule is CS(=O)(=O)NCCNC(=O)Nc1ccc(O)c(C(=O)O)c1. The van der Waals surface area contributed by atoms with Gasteiger partial charge in [-0.25, -0.2) is 22.7 Å². The molecule has 21 heavy (non-hydrogen) atoms. The number of hydrogen-bond acceptors (Lipinski definition) is 5. The predicted octanol–water partition coefficient (Wildman–Crippen LogP) is -0.239. The number of nitrogens with one attached hydrogen (secondary N) is 3. The van der Waals surface area contributed by atoms with E-state index in [0.29, 0.717) is 0 Å². The molecular weight excluding hydrogens is 302 g/mol. The fourth-order valence-electron chi connectivity index (χ4n) is 1.37. The van der Waals surface area contributed by atoms with Crippen LogP contribution in [-0.4, -0.2) is 50.0 Å². The van der Waals surface area contributed by atoms with Crippen molar-refractivity contribution in [3.05, 3.63) is 23.8 Å². The van der Waals surface area contributed by atoms with Crippen LogP contribution in [0.3, 0.4) is 0 Å². The molecule has 0 unspecified atom stereocenters. The Bertz CT molecular complexity index is 643. The molecule has 0 saturated heterocycles. The predicted molar refractivity (Wildman–Crippen MR) is 74.9 cm³/mol. The van der Waals surface area contributed by atoms with Gasteiger partial charge in [0.25, 0.3) is 0 Å². The molecule has 0 radical (unpaired) electrons. The van der Waals surface area contributed by atoms with Crippen molar-refractivity contribution in [1.82, 2.24) is 10.0 Å². The summed E-state index contributed by atoms with van der Waals surface area (Å²) in [6, 6.07) is 2.94. The molecule has 116 valence electrons. The quantitative estimate of drug-likeness (QED) is 0.362. The van der Waals surface area contributed by atoms with Crippen molar-refractivity contribution in [2.75, 3.05) is 24.7 Å². The molecule has 2 amide bonds. The fraction of sp³-hybridized carbons (Fsp3) is 0.273. The van der Waals surface area contributed by atoms with Gasteiger partial charge in [-0.3, -0.25) is 0 Å². The van der Waals surface area contributed by atoms with Gasteiger partial charge in [0.2, 0.25) is 10.0 Å². The number of aromatic carboxylic acids is 1. The van der Waals surface area contributed by atoms with E-state index in [2.05, 4.69) is 15.4 Å². The molecule has 0 spiro atoms. The lowest BCUT2D eigenvalue weighted by molar-refractivity contribution is 0.0693. The Morgan fingerprint density at radius 1 is 1.24 bits per heavy atom. The van der Waals surface area contributed by atoms with E-state index in [9.17, 15) is 23.1 Å². The van der Waals surface area contributed by atoms with Crippen LogP contribution in [-0.2, 0) is 10.0 Å². The van der Waals surface area contributed by atoms with Gasteiger partial charge in [-0.1, -0.05) is 0 Å². The summed E-state index contributed by atoms with van der Waals surface area (Å²) in [6.45, 7) is 0.0883. The normalized spacial score (nSPS) is 10.9. The van der Waals surface area contributed by atoms with Gasteiger partial charge >= 0.3 is 12.0 Å². The van der Waals surface area contributed by atoms with Crippen molar-refractivity contribution in [2.24, 2.45) is 0 Å². The second kappa shape index (κ2) is 6.90. The molecule has 0 atom stereocenters. The number of rotatable bonds is 6. The van der Waals surface area contributed by atoms with E-state index in [1.165, 1.54) is 6.07 Å². The summed E-state index contributed by atoms with van der Waals surface area (Å²) in [6.07, 6.45) is 0.997. The van der Waals surface area contributed by atoms with E-state index in [1.807, 2.05) is 0 Å². The summed E-state index contributed by atoms with van der Waals surface area (Å²) in [4.78, 5) is 22.3. The maximum Gasteiger partial charge on any atom is 0.339 e. The Morgan fingerprint density at radius 2 is 1.90 bits per heavy atom. The van der Waals surface area contributed by atoms with E-state index in [1.54, 1.807) is 0 Å². The Labute approximate surface area is 121 Å². The van der Waals surface area contributed by atoms with Crippen LogP contribution in [0.2, 0.25) is 0 Å². The monoisotopic (exact) mass is 317 g/mol. The first-order valence-corrected chi connectivity index (χ1v) is 7.64. The number of carbonyl (C=O) groups excluding carboxylic acids is 1. The number of anilines is 1. The minimum atomic E-state index is -3.32. The second-order valence-corrected chi connectivity index (χ2v) is 5.92. The molecule has 9 nitrogen and oxygen atoms in total. The number of hydrogen-bond donors (Lipinski definition) is 5. The van der Waals surface area contributed by atoms with E-state index in [0.717, 1.165) is 18.4 Å². The lowest BCUT2D eigenvalue weighted by Gasteiger charge is -2.09. The lowest BCUT2D eigenvalue weighted by atomic mass is 10.2. The molecule has 0 aromatic heterocycles. The highest BCUT2D eigenvalue weighted by Gasteiger charge is 2.11. The maximum atomic E-state index is 11.5. The smallest absolute Gasteiger partial charge is 0.339 e. The number of carbonyl (C=O) groups is 2. The average Bonchev–Trinajstić information content (AvgIpc) is 2.35. The van der Waals surface area contributed by atoms with Crippen molar-refractivity contribution in [2.45, 2.75) is 0 Å². The van der Waals surface area contributed by atoms with E-state index >= 15 is 0 Å². The largest absolute Gasteiger partial charge is 0.507 e. The van der Waals surface area contributed by atoms with Crippen LogP contribution in [0.5, 0.6) is 5.75 Å². The third-order valence-electron chi connectivity index (χ3n) is 2.26. The molecule has 1 aromatic carbocycles. The maximum absolute atomic E-state index is 11.5. The summed E-state index contributed by atoms with van der Waals surface area (Å²) in [5, 5.41) is 22.9. The molecule has 1 rings (SSSR count). The average molecular weight is 317 g/mol. The van der Waals surface area contributed by atoms with Crippen molar-refractivity contribution in [3.8, 4) is 5.75 Å². The van der Waals surface area contributed by atoms with Crippen molar-refractivity contribution >= 4 is 27.7 Å². The third-order valence-corrected chi connectivity index (χ3v) is 2.99. The first-order valence-electron chi connectivity index (χ1n) is 5.75. The van der Waals surface area contributed by atoms with E-state index in [-0.39, 0.29) is 24.3 Å². The highest BCUT2D eigenvalue weighted by Crippen LogP contribution is 2.21. The zero-order valence-corrected chi connectivity index (χ0v) is 11.9. The van der Waals surface area contributed by atoms with Gasteiger partial charge in [0, 0.05) is 18.8 Å². The number of amides is 2. The zero-order valence-electron chi connectivity index (χ0n) is 11.1. The van der Waals surface area contributed by atoms with Crippen LogP contribution in [0, 0.1) is 0 Å². The van der Waals surface area contributed by atoms with Crippen LogP contribution in [0.1, 0.15) is 10.4 Å². The van der Waals surface area contributed by atoms with Crippen LogP contribution in [0.25, 0.3) is 0 Å². The van der Waals surface area contributed by atoms with Crippen LogP contribution in [0.15, 0.2) is 18.2 Å². The third kappa shape index (κ3) is 6.10. The Morgan fingerprint density at radius 3 is 2.48 bits per heavy atom. The summed E-state index contributed by atoms with van der Waals surface area (Å²) in [5.74, 6) is -1.74. The first kappa shape index (κ1) is 16.7. The number of urea groups is 1. The fourth-order valence-corrected chi connectivity index (χ4v) is 1.85. The first-order chi connectivity index (χ1) is 9.69. The molecule has 0 bridgehead atoms. The molecule has 1 aromatic rings. The standard InChI is InChI=1S/C11H15N3O6S/c1-21(19,20)13-5-4-12-11(18)14-7-2-3-9(15)8(6-7)10(16)17/h2-3,6,13,15H,4-5H2,1H3,(H,16,17)(H2,12,14,18). The minimum Gasteiger partial charge on any atom is -0.507 e. The Balaban J connectivity index is 2.52. The van der Waals surface area contributed by atoms with Gasteiger partial charge in [0.15, 0.2) is 0 Å². The number of benzene rings is 1. The van der Waals surface area contributed by atoms with Gasteiger partial charge in [0.05, 0.1) is 6.26 Å². The molecule has 0 aliphatic carbocycles. The molecule has 0 saturated carbocycles. The highest BCUT2D eigenvalue weighted by atomic mass is 32.2. The second-order valence-electron chi connectivity index (χ2n) is 4.08. The number of carboxylic acids is 1. The molecule has 10 heteroatoms. The van der Waals surface area contributed by atoms with Gasteiger partial charge in [-0.2, -0.15) is 0 Å². The van der Waals surface area contributed by atoms with Crippen molar-refractivity contribution in [1.29, 1.82) is 0 Å². The summed E-state index contributed by atoms with van der Waals surface area (Å²) in [7, 11) is -3.32. The lowest BCUT2D eigenvalue weighted by Crippen LogP contribution is -2.36. The van der Waals surface area contributed by atoms with Gasteiger partial charge < -0.3 is 20.8 Å². The Hall–Kier alpha value is -2.33. The van der Waals surface area contributed by atoms with Crippen molar-refractivity contribution < 1.29 is 28.2 Å². The van der Waals surface area contributed by atoms with Crippen LogP contribution in [0.4, 0.5) is 10.5 Å². The number of sulfonamides is 1. The van der Waals surface area contributed by atoms with Crippen LogP contribution >= 0.6 is 0 Å². The van der Waals surface area contributed by atoms with Gasteiger partial charge in [-0.15, -0.1) is 0 Å². The summed E-state index contributed by atoms with van der Waals surface area (Å²) >= 11 is 0. The van der Waals surface area contributed by atoms with Crippen molar-refractivity contribution in [3.63, 3.8) is 0 Å². The van der Waals surface area contributed by atoms with Gasteiger partial charge in [0.1, 0.15) is 11.3 Å². The van der Waals surface area contributed by atoms with E-state index < -0.39 is 27.8 Å². The van der Waals surface area contributed by atoms with Crippen LogP contribution < -0.4 is 15.4 Å². The minimum absolute atomic E-state index is 0.0300. The topological polar surface area (TPSA) is 145 Å². The zero-order chi connectivity index (χ0) is 16.0. The molecule has 0 aliphatic rings.